The van der Waals surface area contributed by atoms with Crippen molar-refractivity contribution < 1.29 is 18.7 Å². The maximum absolute atomic E-state index is 13.6. The fourth-order valence-electron chi connectivity index (χ4n) is 2.30. The molecule has 0 aliphatic rings. The molecule has 1 aromatic carbocycles. The summed E-state index contributed by atoms with van der Waals surface area (Å²) < 4.78 is 30.2. The molecule has 0 saturated carbocycles. The molecule has 1 N–H and O–H groups in total. The van der Waals surface area contributed by atoms with Crippen molar-refractivity contribution in [2.45, 2.75) is 12.8 Å². The largest absolute Gasteiger partial charge is 0.481 e. The van der Waals surface area contributed by atoms with Crippen molar-refractivity contribution in [2.24, 2.45) is 7.05 Å². The molecule has 3 aromatic rings. The van der Waals surface area contributed by atoms with Crippen LogP contribution >= 0.6 is 0 Å². The summed E-state index contributed by atoms with van der Waals surface area (Å²) in [5.41, 5.74) is 1.16. The minimum atomic E-state index is -0.897. The van der Waals surface area contributed by atoms with Gasteiger partial charge in [-0.3, -0.25) is 9.20 Å². The lowest BCUT2D eigenvalue weighted by atomic mass is 10.2. The number of aryl methyl sites for hydroxylation is 2. The predicted octanol–water partition coefficient (Wildman–Crippen LogP) is 2.12. The molecular weight excluding hydrogens is 268 g/mol. The lowest BCUT2D eigenvalue weighted by molar-refractivity contribution is -0.136. The second-order valence-corrected chi connectivity index (χ2v) is 4.61. The van der Waals surface area contributed by atoms with Crippen LogP contribution in [0.3, 0.4) is 0 Å². The summed E-state index contributed by atoms with van der Waals surface area (Å²) in [7, 11) is 1.71. The molecule has 0 spiro atoms. The van der Waals surface area contributed by atoms with E-state index in [2.05, 4.69) is 4.98 Å². The van der Waals surface area contributed by atoms with E-state index in [1.165, 1.54) is 6.07 Å². The molecule has 0 aliphatic heterocycles. The van der Waals surface area contributed by atoms with E-state index < -0.39 is 17.6 Å². The van der Waals surface area contributed by atoms with E-state index in [1.807, 2.05) is 0 Å². The molecule has 2 aromatic heterocycles. The number of hydrogen-bond donors (Lipinski definition) is 1. The van der Waals surface area contributed by atoms with Crippen LogP contribution in [0, 0.1) is 11.6 Å². The predicted molar refractivity (Wildman–Crippen MR) is 67.5 cm³/mol. The molecule has 0 saturated heterocycles. The number of imidazole rings is 2. The molecule has 104 valence electrons. The molecule has 0 radical (unpaired) electrons. The van der Waals surface area contributed by atoms with Gasteiger partial charge in [0.2, 0.25) is 5.78 Å². The SMILES string of the molecule is Cn1c(CCC(=O)O)cn2c3cc(F)cc(F)c3nc12. The Morgan fingerprint density at radius 2 is 2.15 bits per heavy atom. The number of benzene rings is 1. The smallest absolute Gasteiger partial charge is 0.303 e. The highest BCUT2D eigenvalue weighted by molar-refractivity contribution is 5.80. The van der Waals surface area contributed by atoms with Gasteiger partial charge in [-0.25, -0.2) is 13.8 Å². The second-order valence-electron chi connectivity index (χ2n) is 4.61. The van der Waals surface area contributed by atoms with Crippen molar-refractivity contribution in [3.05, 3.63) is 35.7 Å². The van der Waals surface area contributed by atoms with Crippen molar-refractivity contribution in [3.8, 4) is 0 Å². The number of nitrogens with zero attached hydrogens (tertiary/aromatic N) is 3. The van der Waals surface area contributed by atoms with Gasteiger partial charge in [0.1, 0.15) is 11.3 Å². The van der Waals surface area contributed by atoms with Gasteiger partial charge in [0.25, 0.3) is 0 Å². The summed E-state index contributed by atoms with van der Waals surface area (Å²) >= 11 is 0. The number of rotatable bonds is 3. The monoisotopic (exact) mass is 279 g/mol. The topological polar surface area (TPSA) is 59.5 Å². The van der Waals surface area contributed by atoms with Crippen molar-refractivity contribution in [1.82, 2.24) is 14.0 Å². The molecular formula is C13H11F2N3O2. The third kappa shape index (κ3) is 1.82. The maximum Gasteiger partial charge on any atom is 0.303 e. The number of fused-ring (bicyclic) bond motifs is 3. The van der Waals surface area contributed by atoms with E-state index in [0.717, 1.165) is 11.8 Å². The Hall–Kier alpha value is -2.44. The molecule has 0 bridgehead atoms. The molecule has 0 aliphatic carbocycles. The summed E-state index contributed by atoms with van der Waals surface area (Å²) in [5.74, 6) is -1.83. The third-order valence-electron chi connectivity index (χ3n) is 3.30. The van der Waals surface area contributed by atoms with Gasteiger partial charge >= 0.3 is 5.97 Å². The zero-order valence-electron chi connectivity index (χ0n) is 10.6. The number of carboxylic acid groups (broad SMARTS) is 1. The van der Waals surface area contributed by atoms with Crippen LogP contribution in [0.2, 0.25) is 0 Å². The molecule has 20 heavy (non-hydrogen) atoms. The maximum atomic E-state index is 13.6. The minimum absolute atomic E-state index is 0.0122. The van der Waals surface area contributed by atoms with Crippen molar-refractivity contribution >= 4 is 22.8 Å². The molecule has 3 rings (SSSR count). The van der Waals surface area contributed by atoms with Crippen LogP contribution in [0.15, 0.2) is 18.3 Å². The Kier molecular flexibility index (Phi) is 2.70. The van der Waals surface area contributed by atoms with E-state index in [4.69, 9.17) is 5.11 Å². The number of carbonyl (C=O) groups is 1. The quantitative estimate of drug-likeness (QED) is 0.799. The third-order valence-corrected chi connectivity index (χ3v) is 3.30. The van der Waals surface area contributed by atoms with E-state index in [9.17, 15) is 13.6 Å². The van der Waals surface area contributed by atoms with Crippen LogP contribution in [0.5, 0.6) is 0 Å². The molecule has 2 heterocycles. The molecule has 0 fully saturated rings. The molecule has 5 nitrogen and oxygen atoms in total. The van der Waals surface area contributed by atoms with Gasteiger partial charge < -0.3 is 9.67 Å². The number of hydrogen-bond acceptors (Lipinski definition) is 2. The van der Waals surface area contributed by atoms with Gasteiger partial charge in [0, 0.05) is 31.1 Å². The first kappa shape index (κ1) is 12.6. The van der Waals surface area contributed by atoms with Gasteiger partial charge in [-0.05, 0) is 6.42 Å². The van der Waals surface area contributed by atoms with Gasteiger partial charge in [-0.1, -0.05) is 0 Å². The van der Waals surface area contributed by atoms with E-state index in [1.54, 1.807) is 22.2 Å². The first-order valence-corrected chi connectivity index (χ1v) is 6.00. The standard InChI is InChI=1S/C13H11F2N3O2/c1-17-8(2-3-11(19)20)6-18-10-5-7(14)4-9(15)12(10)16-13(17)18/h4-6H,2-3H2,1H3,(H,19,20). The van der Waals surface area contributed by atoms with Crippen LogP contribution in [0.25, 0.3) is 16.8 Å². The Bertz CT molecular complexity index is 835. The highest BCUT2D eigenvalue weighted by atomic mass is 19.1. The fraction of sp³-hybridized carbons (Fsp3) is 0.231. The minimum Gasteiger partial charge on any atom is -0.481 e. The van der Waals surface area contributed by atoms with Gasteiger partial charge in [0.15, 0.2) is 5.82 Å². The zero-order chi connectivity index (χ0) is 14.4. The van der Waals surface area contributed by atoms with Crippen LogP contribution in [0.4, 0.5) is 8.78 Å². The van der Waals surface area contributed by atoms with Crippen LogP contribution in [-0.4, -0.2) is 25.0 Å². The average molecular weight is 279 g/mol. The Labute approximate surface area is 112 Å². The molecule has 0 unspecified atom stereocenters. The summed E-state index contributed by atoms with van der Waals surface area (Å²) in [6.45, 7) is 0. The Morgan fingerprint density at radius 3 is 2.85 bits per heavy atom. The number of halogens is 2. The summed E-state index contributed by atoms with van der Waals surface area (Å²) in [6, 6.07) is 2.00. The van der Waals surface area contributed by atoms with Crippen molar-refractivity contribution in [3.63, 3.8) is 0 Å². The van der Waals surface area contributed by atoms with Gasteiger partial charge in [-0.2, -0.15) is 0 Å². The zero-order valence-corrected chi connectivity index (χ0v) is 10.6. The van der Waals surface area contributed by atoms with E-state index in [-0.39, 0.29) is 11.9 Å². The van der Waals surface area contributed by atoms with E-state index in [0.29, 0.717) is 17.7 Å². The number of carboxylic acids is 1. The van der Waals surface area contributed by atoms with Crippen molar-refractivity contribution in [1.29, 1.82) is 0 Å². The number of aliphatic carboxylic acids is 1. The lowest BCUT2D eigenvalue weighted by Gasteiger charge is -1.99. The molecule has 0 atom stereocenters. The number of aromatic nitrogens is 3. The lowest BCUT2D eigenvalue weighted by Crippen LogP contribution is -2.02. The fourth-order valence-corrected chi connectivity index (χ4v) is 2.30. The van der Waals surface area contributed by atoms with Gasteiger partial charge in [0.05, 0.1) is 11.9 Å². The van der Waals surface area contributed by atoms with E-state index >= 15 is 0 Å². The van der Waals surface area contributed by atoms with Crippen LogP contribution in [-0.2, 0) is 18.3 Å². The van der Waals surface area contributed by atoms with Crippen LogP contribution in [0.1, 0.15) is 12.1 Å². The first-order chi connectivity index (χ1) is 9.47. The molecule has 7 heteroatoms. The second kappa shape index (κ2) is 4.29. The molecule has 0 amide bonds. The van der Waals surface area contributed by atoms with Crippen molar-refractivity contribution in [2.75, 3.05) is 0 Å². The average Bonchev–Trinajstić information content (AvgIpc) is 2.86. The van der Waals surface area contributed by atoms with Crippen LogP contribution < -0.4 is 0 Å². The summed E-state index contributed by atoms with van der Waals surface area (Å²) in [5, 5.41) is 8.70. The highest BCUT2D eigenvalue weighted by Crippen LogP contribution is 2.23. The summed E-state index contributed by atoms with van der Waals surface area (Å²) in [4.78, 5) is 14.7. The Morgan fingerprint density at radius 1 is 1.40 bits per heavy atom. The summed E-state index contributed by atoms with van der Waals surface area (Å²) in [6.07, 6.45) is 1.97. The first-order valence-electron chi connectivity index (χ1n) is 6.00. The Balaban J connectivity index is 2.20. The van der Waals surface area contributed by atoms with Gasteiger partial charge in [-0.15, -0.1) is 0 Å². The highest BCUT2D eigenvalue weighted by Gasteiger charge is 2.16. The normalized spacial score (nSPS) is 11.6.